The number of ether oxygens (including phenoxy) is 1. The van der Waals surface area contributed by atoms with E-state index in [9.17, 15) is 9.90 Å². The van der Waals surface area contributed by atoms with Crippen LogP contribution in [0.5, 0.6) is 11.5 Å². The van der Waals surface area contributed by atoms with E-state index in [1.807, 2.05) is 42.7 Å². The summed E-state index contributed by atoms with van der Waals surface area (Å²) in [4.78, 5) is 23.8. The third-order valence-electron chi connectivity index (χ3n) is 8.46. The van der Waals surface area contributed by atoms with Crippen LogP contribution in [-0.2, 0) is 19.6 Å². The summed E-state index contributed by atoms with van der Waals surface area (Å²) in [5.41, 5.74) is 10.8. The Kier molecular flexibility index (Phi) is 10.1. The number of carbonyl (C=O) groups is 1. The van der Waals surface area contributed by atoms with Crippen LogP contribution in [0.25, 0.3) is 22.6 Å². The molecule has 1 aliphatic carbocycles. The maximum atomic E-state index is 11.7. The topological polar surface area (TPSA) is 107 Å². The van der Waals surface area contributed by atoms with Crippen LogP contribution in [0.4, 0.5) is 0 Å². The quantitative estimate of drug-likeness (QED) is 0.180. The van der Waals surface area contributed by atoms with Gasteiger partial charge in [0.15, 0.2) is 0 Å². The minimum absolute atomic E-state index is 0.0745. The molecule has 1 fully saturated rings. The van der Waals surface area contributed by atoms with E-state index in [2.05, 4.69) is 33.5 Å². The molecule has 226 valence electrons. The van der Waals surface area contributed by atoms with Crippen molar-refractivity contribution in [2.45, 2.75) is 71.5 Å². The zero-order valence-corrected chi connectivity index (χ0v) is 25.3. The van der Waals surface area contributed by atoms with Crippen molar-refractivity contribution in [1.29, 1.82) is 0 Å². The third kappa shape index (κ3) is 7.43. The first-order valence-corrected chi connectivity index (χ1v) is 15.4. The second kappa shape index (κ2) is 14.3. The van der Waals surface area contributed by atoms with E-state index in [0.29, 0.717) is 19.0 Å². The highest BCUT2D eigenvalue weighted by Crippen LogP contribution is 2.33. The van der Waals surface area contributed by atoms with Gasteiger partial charge in [0.2, 0.25) is 0 Å². The van der Waals surface area contributed by atoms with E-state index in [0.717, 1.165) is 59.9 Å². The maximum absolute atomic E-state index is 11.7. The van der Waals surface area contributed by atoms with Crippen molar-refractivity contribution in [3.8, 4) is 34.1 Å². The van der Waals surface area contributed by atoms with E-state index < -0.39 is 5.91 Å². The van der Waals surface area contributed by atoms with Crippen LogP contribution < -0.4 is 10.5 Å². The summed E-state index contributed by atoms with van der Waals surface area (Å²) in [7, 11) is 1.68. The largest absolute Gasteiger partial charge is 0.507 e. The summed E-state index contributed by atoms with van der Waals surface area (Å²) < 4.78 is 7.83. The number of hydrogen-bond acceptors (Lipinski definition) is 6. The van der Waals surface area contributed by atoms with Crippen LogP contribution in [0.2, 0.25) is 0 Å². The molecule has 8 heteroatoms. The number of carbonyl (C=O) groups excluding carboxylic acids is 1. The fourth-order valence-electron chi connectivity index (χ4n) is 6.18. The molecule has 2 aromatic carbocycles. The number of phenols is 1. The molecule has 8 nitrogen and oxygen atoms in total. The van der Waals surface area contributed by atoms with Crippen molar-refractivity contribution >= 4 is 5.91 Å². The van der Waals surface area contributed by atoms with E-state index >= 15 is 0 Å². The first-order valence-electron chi connectivity index (χ1n) is 15.4. The monoisotopic (exact) mass is 581 g/mol. The lowest BCUT2D eigenvalue weighted by Gasteiger charge is -2.30. The molecule has 0 atom stereocenters. The lowest BCUT2D eigenvalue weighted by molar-refractivity contribution is 0.0997. The van der Waals surface area contributed by atoms with Crippen LogP contribution in [0.1, 0.15) is 73.5 Å². The minimum atomic E-state index is -0.629. The molecule has 0 saturated heterocycles. The lowest BCUT2D eigenvalue weighted by atomic mass is 9.88. The molecule has 2 aromatic heterocycles. The molecule has 1 saturated carbocycles. The van der Waals surface area contributed by atoms with Crippen molar-refractivity contribution < 1.29 is 14.6 Å². The maximum Gasteiger partial charge on any atom is 0.252 e. The van der Waals surface area contributed by atoms with Crippen LogP contribution in [-0.4, -0.2) is 44.1 Å². The van der Waals surface area contributed by atoms with Crippen molar-refractivity contribution in [2.24, 2.45) is 11.7 Å². The Morgan fingerprint density at radius 3 is 2.42 bits per heavy atom. The lowest BCUT2D eigenvalue weighted by Crippen LogP contribution is -2.31. The summed E-state index contributed by atoms with van der Waals surface area (Å²) in [6, 6.07) is 17.4. The number of imidazole rings is 1. The van der Waals surface area contributed by atoms with Crippen molar-refractivity contribution in [3.63, 3.8) is 0 Å². The fourth-order valence-corrected chi connectivity index (χ4v) is 6.18. The van der Waals surface area contributed by atoms with Crippen LogP contribution in [0, 0.1) is 5.92 Å². The molecular weight excluding hydrogens is 538 g/mol. The molecule has 0 aliphatic heterocycles. The molecular formula is C35H43N5O3. The minimum Gasteiger partial charge on any atom is -0.507 e. The number of pyridine rings is 1. The van der Waals surface area contributed by atoms with Gasteiger partial charge in [-0.2, -0.15) is 0 Å². The highest BCUT2D eigenvalue weighted by Gasteiger charge is 2.25. The highest BCUT2D eigenvalue weighted by atomic mass is 16.5. The second-order valence-corrected chi connectivity index (χ2v) is 11.6. The number of aromatic nitrogens is 3. The third-order valence-corrected chi connectivity index (χ3v) is 8.46. The van der Waals surface area contributed by atoms with E-state index in [4.69, 9.17) is 15.5 Å². The molecule has 0 spiro atoms. The zero-order chi connectivity index (χ0) is 30.2. The normalized spacial score (nSPS) is 13.8. The summed E-state index contributed by atoms with van der Waals surface area (Å²) >= 11 is 0. The van der Waals surface area contributed by atoms with Crippen LogP contribution in [0.15, 0.2) is 67.0 Å². The van der Waals surface area contributed by atoms with E-state index in [1.54, 1.807) is 19.2 Å². The first-order chi connectivity index (χ1) is 21.0. The number of methoxy groups -OCH3 is 1. The number of hydrogen-bond donors (Lipinski definition) is 2. The van der Waals surface area contributed by atoms with Gasteiger partial charge in [0.1, 0.15) is 17.3 Å². The number of aromatic hydroxyl groups is 1. The van der Waals surface area contributed by atoms with Crippen LogP contribution >= 0.6 is 0 Å². The molecule has 4 aromatic rings. The Labute approximate surface area is 254 Å². The summed E-state index contributed by atoms with van der Waals surface area (Å²) in [6.45, 7) is 5.35. The van der Waals surface area contributed by atoms with Gasteiger partial charge < -0.3 is 20.1 Å². The Hall–Kier alpha value is -4.17. The second-order valence-electron chi connectivity index (χ2n) is 11.6. The van der Waals surface area contributed by atoms with Crippen molar-refractivity contribution in [2.75, 3.05) is 13.7 Å². The van der Waals surface area contributed by atoms with Gasteiger partial charge in [-0.15, -0.1) is 0 Å². The van der Waals surface area contributed by atoms with Gasteiger partial charge in [-0.25, -0.2) is 4.98 Å². The molecule has 0 bridgehead atoms. The summed E-state index contributed by atoms with van der Waals surface area (Å²) in [5, 5.41) is 10.5. The smallest absolute Gasteiger partial charge is 0.252 e. The predicted molar refractivity (Wildman–Crippen MR) is 170 cm³/mol. The SMILES string of the molecule is CCCCn1c(-c2ccncc2)nc(-c2ccc(OC)cc2)c1CN(Cc1ccc(C(N)=O)c(O)c1)CC1CCCCC1. The molecule has 0 radical (unpaired) electrons. The van der Waals surface area contributed by atoms with E-state index in [-0.39, 0.29) is 11.3 Å². The number of primary amides is 1. The van der Waals surface area contributed by atoms with E-state index in [1.165, 1.54) is 37.8 Å². The van der Waals surface area contributed by atoms with Crippen molar-refractivity contribution in [1.82, 2.24) is 19.4 Å². The Balaban J connectivity index is 1.58. The fraction of sp³-hybridized carbons (Fsp3) is 0.400. The van der Waals surface area contributed by atoms with Gasteiger partial charge in [0.25, 0.3) is 5.91 Å². The predicted octanol–water partition coefficient (Wildman–Crippen LogP) is 6.81. The Morgan fingerprint density at radius 2 is 1.77 bits per heavy atom. The number of nitrogens with zero attached hydrogens (tertiary/aromatic N) is 4. The number of amides is 1. The first kappa shape index (κ1) is 30.3. The molecule has 1 aliphatic rings. The van der Waals surface area contributed by atoms with Gasteiger partial charge in [-0.05, 0) is 79.3 Å². The summed E-state index contributed by atoms with van der Waals surface area (Å²) in [5.74, 6) is 1.66. The van der Waals surface area contributed by atoms with Gasteiger partial charge >= 0.3 is 0 Å². The standard InChI is InChI=1S/C35H43N5O3/c1-3-4-20-40-31(33(27-11-13-29(43-2)14-12-27)38-35(40)28-16-18-37-19-17-28)24-39(22-25-8-6-5-7-9-25)23-26-10-15-30(34(36)42)32(41)21-26/h10-19,21,25,41H,3-9,20,22-24H2,1-2H3,(H2,36,42). The zero-order valence-electron chi connectivity index (χ0n) is 25.3. The molecule has 1 amide bonds. The van der Waals surface area contributed by atoms with Gasteiger partial charge in [0, 0.05) is 49.7 Å². The van der Waals surface area contributed by atoms with Crippen LogP contribution in [0.3, 0.4) is 0 Å². The Morgan fingerprint density at radius 1 is 1.02 bits per heavy atom. The van der Waals surface area contributed by atoms with Gasteiger partial charge in [-0.3, -0.25) is 14.7 Å². The highest BCUT2D eigenvalue weighted by molar-refractivity contribution is 5.95. The van der Waals surface area contributed by atoms with Crippen molar-refractivity contribution in [3.05, 3.63) is 83.8 Å². The Bertz CT molecular complexity index is 1490. The van der Waals surface area contributed by atoms with Gasteiger partial charge in [-0.1, -0.05) is 38.7 Å². The molecule has 5 rings (SSSR count). The number of nitrogens with two attached hydrogens (primary N) is 1. The average molecular weight is 582 g/mol. The number of rotatable bonds is 13. The number of unbranched alkanes of at least 4 members (excludes halogenated alkanes) is 1. The summed E-state index contributed by atoms with van der Waals surface area (Å²) in [6.07, 6.45) is 12.0. The molecule has 3 N–H and O–H groups in total. The average Bonchev–Trinajstić information content (AvgIpc) is 3.38. The number of benzene rings is 2. The molecule has 2 heterocycles. The molecule has 0 unspecified atom stereocenters. The van der Waals surface area contributed by atoms with Gasteiger partial charge in [0.05, 0.1) is 24.1 Å². The molecule has 43 heavy (non-hydrogen) atoms.